The first kappa shape index (κ1) is 18.9. The van der Waals surface area contributed by atoms with Crippen LogP contribution in [0.5, 0.6) is 0 Å². The number of nitrogens with zero attached hydrogens (tertiary/aromatic N) is 1. The highest BCUT2D eigenvalue weighted by Gasteiger charge is 2.38. The van der Waals surface area contributed by atoms with E-state index in [-0.39, 0.29) is 5.41 Å². The molecule has 1 N–H and O–H groups in total. The Morgan fingerprint density at radius 3 is 2.31 bits per heavy atom. The van der Waals surface area contributed by atoms with E-state index in [2.05, 4.69) is 22.3 Å². The van der Waals surface area contributed by atoms with Crippen LogP contribution >= 0.6 is 0 Å². The molecule has 0 saturated carbocycles. The van der Waals surface area contributed by atoms with Crippen molar-refractivity contribution in [3.8, 4) is 0 Å². The lowest BCUT2D eigenvalue weighted by Crippen LogP contribution is -2.47. The van der Waals surface area contributed by atoms with Crippen molar-refractivity contribution in [3.05, 3.63) is 71.3 Å². The summed E-state index contributed by atoms with van der Waals surface area (Å²) < 4.78 is 39.4. The van der Waals surface area contributed by atoms with Crippen molar-refractivity contribution in [2.75, 3.05) is 26.7 Å². The van der Waals surface area contributed by atoms with Gasteiger partial charge in [-0.1, -0.05) is 48.5 Å². The fraction of sp³-hybridized carbons (Fsp3) is 0.429. The number of likely N-dealkylation sites (N-methyl/N-ethyl adjacent to an activating group) is 1. The molecule has 1 aliphatic heterocycles. The maximum absolute atomic E-state index is 13.1. The van der Waals surface area contributed by atoms with Gasteiger partial charge in [-0.05, 0) is 50.2 Å². The summed E-state index contributed by atoms with van der Waals surface area (Å²) in [6.45, 7) is 3.34. The summed E-state index contributed by atoms with van der Waals surface area (Å²) in [7, 11) is 1.87. The Hall–Kier alpha value is -1.85. The molecule has 140 valence electrons. The van der Waals surface area contributed by atoms with E-state index >= 15 is 0 Å². The minimum atomic E-state index is -4.30. The van der Waals surface area contributed by atoms with Gasteiger partial charge in [0, 0.05) is 18.5 Å². The zero-order chi connectivity index (χ0) is 18.6. The molecule has 26 heavy (non-hydrogen) atoms. The van der Waals surface area contributed by atoms with Crippen LogP contribution in [-0.2, 0) is 18.1 Å². The first-order valence-electron chi connectivity index (χ1n) is 9.02. The van der Waals surface area contributed by atoms with E-state index in [0.29, 0.717) is 6.54 Å². The zero-order valence-electron chi connectivity index (χ0n) is 15.0. The molecule has 0 atom stereocenters. The van der Waals surface area contributed by atoms with E-state index in [1.165, 1.54) is 17.7 Å². The largest absolute Gasteiger partial charge is 0.416 e. The molecule has 0 bridgehead atoms. The molecule has 1 heterocycles. The third kappa shape index (κ3) is 4.27. The molecule has 0 unspecified atom stereocenters. The highest BCUT2D eigenvalue weighted by Crippen LogP contribution is 2.38. The maximum Gasteiger partial charge on any atom is 0.416 e. The van der Waals surface area contributed by atoms with Gasteiger partial charge in [-0.15, -0.1) is 0 Å². The highest BCUT2D eigenvalue weighted by molar-refractivity contribution is 5.33. The molecule has 2 nitrogen and oxygen atoms in total. The summed E-state index contributed by atoms with van der Waals surface area (Å²) in [4.78, 5) is 2.39. The molecule has 1 aliphatic rings. The Bertz CT molecular complexity index is 705. The van der Waals surface area contributed by atoms with Crippen molar-refractivity contribution in [1.82, 2.24) is 10.2 Å². The summed E-state index contributed by atoms with van der Waals surface area (Å²) in [5, 5.41) is 3.20. The molecule has 2 aromatic carbocycles. The third-order valence-corrected chi connectivity index (χ3v) is 5.38. The van der Waals surface area contributed by atoms with Gasteiger partial charge in [-0.25, -0.2) is 0 Å². The topological polar surface area (TPSA) is 15.3 Å². The SMILES string of the molecule is CNCC1(c2cccc(C(F)(F)F)c2)CCN(Cc2ccccc2)CC1. The molecule has 2 aromatic rings. The molecule has 0 aliphatic carbocycles. The van der Waals surface area contributed by atoms with Crippen LogP contribution in [-0.4, -0.2) is 31.6 Å². The van der Waals surface area contributed by atoms with Gasteiger partial charge in [0.1, 0.15) is 0 Å². The predicted molar refractivity (Wildman–Crippen MR) is 98.0 cm³/mol. The number of nitrogens with one attached hydrogen (secondary N) is 1. The minimum absolute atomic E-state index is 0.247. The zero-order valence-corrected chi connectivity index (χ0v) is 15.0. The molecule has 5 heteroatoms. The van der Waals surface area contributed by atoms with Crippen LogP contribution in [0.25, 0.3) is 0 Å². The fourth-order valence-corrected chi connectivity index (χ4v) is 3.91. The molecule has 0 spiro atoms. The van der Waals surface area contributed by atoms with Gasteiger partial charge in [0.05, 0.1) is 5.56 Å². The lowest BCUT2D eigenvalue weighted by Gasteiger charge is -2.42. The Kier molecular flexibility index (Phi) is 5.68. The molecule has 1 saturated heterocycles. The van der Waals surface area contributed by atoms with Crippen molar-refractivity contribution in [3.63, 3.8) is 0 Å². The van der Waals surface area contributed by atoms with Gasteiger partial charge in [0.2, 0.25) is 0 Å². The fourth-order valence-electron chi connectivity index (χ4n) is 3.91. The van der Waals surface area contributed by atoms with Gasteiger partial charge in [0.15, 0.2) is 0 Å². The van der Waals surface area contributed by atoms with Crippen molar-refractivity contribution in [1.29, 1.82) is 0 Å². The number of hydrogen-bond donors (Lipinski definition) is 1. The average Bonchev–Trinajstić information content (AvgIpc) is 2.64. The summed E-state index contributed by atoms with van der Waals surface area (Å²) in [6.07, 6.45) is -2.60. The lowest BCUT2D eigenvalue weighted by molar-refractivity contribution is -0.137. The Morgan fingerprint density at radius 2 is 1.69 bits per heavy atom. The Balaban J connectivity index is 1.76. The maximum atomic E-state index is 13.1. The van der Waals surface area contributed by atoms with Crippen LogP contribution in [0.15, 0.2) is 54.6 Å². The number of alkyl halides is 3. The second-order valence-electron chi connectivity index (χ2n) is 7.15. The standard InChI is InChI=1S/C21H25F3N2/c1-25-16-20(18-8-5-9-19(14-18)21(22,23)24)10-12-26(13-11-20)15-17-6-3-2-4-7-17/h2-9,14,25H,10-13,15-16H2,1H3. The van der Waals surface area contributed by atoms with E-state index in [4.69, 9.17) is 0 Å². The smallest absolute Gasteiger partial charge is 0.319 e. The number of halogens is 3. The average molecular weight is 362 g/mol. The van der Waals surface area contributed by atoms with Gasteiger partial charge in [0.25, 0.3) is 0 Å². The Morgan fingerprint density at radius 1 is 1.00 bits per heavy atom. The monoisotopic (exact) mass is 362 g/mol. The number of benzene rings is 2. The molecule has 1 fully saturated rings. The second-order valence-corrected chi connectivity index (χ2v) is 7.15. The predicted octanol–water partition coefficient (Wildman–Crippen LogP) is 4.46. The van der Waals surface area contributed by atoms with Crippen LogP contribution in [0.2, 0.25) is 0 Å². The van der Waals surface area contributed by atoms with Gasteiger partial charge < -0.3 is 5.32 Å². The van der Waals surface area contributed by atoms with Crippen LogP contribution in [0.1, 0.15) is 29.5 Å². The van der Waals surface area contributed by atoms with Crippen LogP contribution in [0.4, 0.5) is 13.2 Å². The van der Waals surface area contributed by atoms with E-state index in [1.807, 2.05) is 31.3 Å². The van der Waals surface area contributed by atoms with Crippen LogP contribution in [0.3, 0.4) is 0 Å². The van der Waals surface area contributed by atoms with E-state index in [9.17, 15) is 13.2 Å². The molecule has 0 aromatic heterocycles. The van der Waals surface area contributed by atoms with Crippen LogP contribution in [0, 0.1) is 0 Å². The minimum Gasteiger partial charge on any atom is -0.319 e. The quantitative estimate of drug-likeness (QED) is 0.845. The molecule has 0 radical (unpaired) electrons. The first-order valence-corrected chi connectivity index (χ1v) is 9.02. The summed E-state index contributed by atoms with van der Waals surface area (Å²) in [5.41, 5.74) is 1.26. The summed E-state index contributed by atoms with van der Waals surface area (Å²) in [6, 6.07) is 16.2. The highest BCUT2D eigenvalue weighted by atomic mass is 19.4. The number of likely N-dealkylation sites (tertiary alicyclic amines) is 1. The third-order valence-electron chi connectivity index (χ3n) is 5.38. The van der Waals surface area contributed by atoms with Gasteiger partial charge in [-0.2, -0.15) is 13.2 Å². The van der Waals surface area contributed by atoms with Crippen molar-refractivity contribution in [2.45, 2.75) is 31.0 Å². The number of rotatable bonds is 5. The normalized spacial score (nSPS) is 18.0. The van der Waals surface area contributed by atoms with Crippen LogP contribution < -0.4 is 5.32 Å². The van der Waals surface area contributed by atoms with E-state index < -0.39 is 11.7 Å². The van der Waals surface area contributed by atoms with Crippen molar-refractivity contribution in [2.24, 2.45) is 0 Å². The van der Waals surface area contributed by atoms with Crippen molar-refractivity contribution < 1.29 is 13.2 Å². The first-order chi connectivity index (χ1) is 12.4. The van der Waals surface area contributed by atoms with Gasteiger partial charge in [-0.3, -0.25) is 4.90 Å². The summed E-state index contributed by atoms with van der Waals surface area (Å²) in [5.74, 6) is 0. The van der Waals surface area contributed by atoms with E-state index in [1.54, 1.807) is 0 Å². The van der Waals surface area contributed by atoms with Crippen molar-refractivity contribution >= 4 is 0 Å². The molecule has 0 amide bonds. The molecular weight excluding hydrogens is 337 g/mol. The Labute approximate surface area is 153 Å². The second kappa shape index (κ2) is 7.80. The van der Waals surface area contributed by atoms with E-state index in [0.717, 1.165) is 44.1 Å². The number of piperidine rings is 1. The van der Waals surface area contributed by atoms with Gasteiger partial charge >= 0.3 is 6.18 Å². The molecule has 3 rings (SSSR count). The lowest BCUT2D eigenvalue weighted by atomic mass is 9.72. The molecular formula is C21H25F3N2. The number of hydrogen-bond acceptors (Lipinski definition) is 2. The summed E-state index contributed by atoms with van der Waals surface area (Å²) >= 11 is 0.